The van der Waals surface area contributed by atoms with Crippen LogP contribution in [0.4, 0.5) is 5.82 Å². The smallest absolute Gasteiger partial charge is 0.270 e. The molecule has 1 fully saturated rings. The first kappa shape index (κ1) is 16.3. The first-order chi connectivity index (χ1) is 11.5. The zero-order valence-corrected chi connectivity index (χ0v) is 13.8. The summed E-state index contributed by atoms with van der Waals surface area (Å²) in [6, 6.07) is 4.88. The molecule has 0 spiro atoms. The summed E-state index contributed by atoms with van der Waals surface area (Å²) in [6.45, 7) is 4.91. The van der Waals surface area contributed by atoms with Gasteiger partial charge in [0.05, 0.1) is 23.5 Å². The van der Waals surface area contributed by atoms with E-state index in [1.54, 1.807) is 30.6 Å². The molecule has 0 bridgehead atoms. The summed E-state index contributed by atoms with van der Waals surface area (Å²) in [6.07, 6.45) is 3.27. The maximum absolute atomic E-state index is 12.2. The first-order valence-corrected chi connectivity index (χ1v) is 8.00. The Bertz CT molecular complexity index is 722. The predicted molar refractivity (Wildman–Crippen MR) is 89.8 cm³/mol. The second kappa shape index (κ2) is 6.92. The van der Waals surface area contributed by atoms with Crippen molar-refractivity contribution in [3.8, 4) is 0 Å². The van der Waals surface area contributed by atoms with Crippen LogP contribution in [0.25, 0.3) is 0 Å². The molecule has 2 aromatic heterocycles. The van der Waals surface area contributed by atoms with Gasteiger partial charge in [0.2, 0.25) is 0 Å². The number of pyridine rings is 1. The van der Waals surface area contributed by atoms with Gasteiger partial charge in [-0.25, -0.2) is 4.98 Å². The van der Waals surface area contributed by atoms with Crippen LogP contribution in [-0.4, -0.2) is 51.2 Å². The Morgan fingerprint density at radius 3 is 2.88 bits per heavy atom. The van der Waals surface area contributed by atoms with E-state index in [1.807, 2.05) is 18.7 Å². The maximum atomic E-state index is 12.2. The molecule has 0 unspecified atom stereocenters. The van der Waals surface area contributed by atoms with Gasteiger partial charge >= 0.3 is 0 Å². The number of hydrogen-bond acceptors (Lipinski definition) is 6. The number of amides is 1. The van der Waals surface area contributed by atoms with Crippen LogP contribution in [0.2, 0.25) is 0 Å². The first-order valence-electron chi connectivity index (χ1n) is 8.00. The molecular weight excluding hydrogens is 306 g/mol. The molecule has 0 radical (unpaired) electrons. The minimum Gasteiger partial charge on any atom is -0.389 e. The van der Waals surface area contributed by atoms with Crippen LogP contribution in [0.3, 0.4) is 0 Å². The minimum atomic E-state index is -0.673. The highest BCUT2D eigenvalue weighted by Crippen LogP contribution is 2.21. The van der Waals surface area contributed by atoms with Crippen LogP contribution in [-0.2, 0) is 0 Å². The van der Waals surface area contributed by atoms with E-state index in [0.717, 1.165) is 17.2 Å². The lowest BCUT2D eigenvalue weighted by Crippen LogP contribution is -2.54. The summed E-state index contributed by atoms with van der Waals surface area (Å²) in [4.78, 5) is 27.1. The van der Waals surface area contributed by atoms with E-state index in [0.29, 0.717) is 25.2 Å². The van der Waals surface area contributed by atoms with Gasteiger partial charge in [0.15, 0.2) is 0 Å². The number of β-amino-alcohol motifs (C(OH)–C–C–N with tert-alkyl or cyclic N) is 1. The van der Waals surface area contributed by atoms with Gasteiger partial charge in [0, 0.05) is 25.5 Å². The van der Waals surface area contributed by atoms with Gasteiger partial charge in [-0.3, -0.25) is 14.8 Å². The fraction of sp³-hybridized carbons (Fsp3) is 0.412. The number of aromatic nitrogens is 3. The monoisotopic (exact) mass is 327 g/mol. The number of aliphatic hydroxyl groups excluding tert-OH is 1. The van der Waals surface area contributed by atoms with Crippen LogP contribution in [0, 0.1) is 13.8 Å². The normalized spacial score (nSPS) is 20.7. The largest absolute Gasteiger partial charge is 0.389 e. The van der Waals surface area contributed by atoms with Crippen LogP contribution in [0.5, 0.6) is 0 Å². The van der Waals surface area contributed by atoms with Crippen molar-refractivity contribution in [2.45, 2.75) is 32.4 Å². The van der Waals surface area contributed by atoms with Crippen molar-refractivity contribution in [3.05, 3.63) is 47.7 Å². The minimum absolute atomic E-state index is 0.264. The lowest BCUT2D eigenvalue weighted by Gasteiger charge is -2.37. The molecule has 0 saturated carbocycles. The second-order valence-electron chi connectivity index (χ2n) is 6.02. The van der Waals surface area contributed by atoms with Gasteiger partial charge in [-0.15, -0.1) is 0 Å². The number of nitrogens with zero attached hydrogens (tertiary/aromatic N) is 4. The molecule has 1 aliphatic rings. The van der Waals surface area contributed by atoms with E-state index < -0.39 is 6.10 Å². The SMILES string of the molecule is Cc1cnc(C)c(N2CC[C@@H](NC(=O)c3ccccn3)[C@H](O)C2)n1. The van der Waals surface area contributed by atoms with Crippen molar-refractivity contribution in [1.82, 2.24) is 20.3 Å². The lowest BCUT2D eigenvalue weighted by atomic mass is 10.0. The van der Waals surface area contributed by atoms with E-state index >= 15 is 0 Å². The predicted octanol–water partition coefficient (Wildman–Crippen LogP) is 0.858. The van der Waals surface area contributed by atoms with E-state index in [2.05, 4.69) is 20.3 Å². The van der Waals surface area contributed by atoms with Crippen molar-refractivity contribution < 1.29 is 9.90 Å². The summed E-state index contributed by atoms with van der Waals surface area (Å²) in [5.74, 6) is 0.531. The molecule has 3 rings (SSSR count). The molecule has 7 nitrogen and oxygen atoms in total. The Hall–Kier alpha value is -2.54. The Kier molecular flexibility index (Phi) is 4.71. The molecule has 1 saturated heterocycles. The van der Waals surface area contributed by atoms with Gasteiger partial charge in [0.25, 0.3) is 5.91 Å². The fourth-order valence-electron chi connectivity index (χ4n) is 2.86. The Balaban J connectivity index is 1.65. The van der Waals surface area contributed by atoms with Crippen LogP contribution in [0.1, 0.15) is 28.3 Å². The third-order valence-electron chi connectivity index (χ3n) is 4.15. The summed E-state index contributed by atoms with van der Waals surface area (Å²) in [5.41, 5.74) is 2.03. The van der Waals surface area contributed by atoms with Gasteiger partial charge in [0.1, 0.15) is 11.5 Å². The number of aryl methyl sites for hydroxylation is 2. The van der Waals surface area contributed by atoms with Gasteiger partial charge in [-0.2, -0.15) is 0 Å². The Morgan fingerprint density at radius 1 is 1.33 bits per heavy atom. The summed E-state index contributed by atoms with van der Waals surface area (Å²) in [7, 11) is 0. The van der Waals surface area contributed by atoms with E-state index in [-0.39, 0.29) is 11.9 Å². The number of aliphatic hydroxyl groups is 1. The summed E-state index contributed by atoms with van der Waals surface area (Å²) >= 11 is 0. The van der Waals surface area contributed by atoms with E-state index in [1.165, 1.54) is 0 Å². The molecule has 7 heteroatoms. The van der Waals surface area contributed by atoms with Crippen LogP contribution in [0.15, 0.2) is 30.6 Å². The number of rotatable bonds is 3. The Morgan fingerprint density at radius 2 is 2.17 bits per heavy atom. The molecule has 24 heavy (non-hydrogen) atoms. The molecular formula is C17H21N5O2. The van der Waals surface area contributed by atoms with Crippen molar-refractivity contribution in [2.75, 3.05) is 18.0 Å². The zero-order chi connectivity index (χ0) is 17.1. The number of carbonyl (C=O) groups excluding carboxylic acids is 1. The molecule has 1 aliphatic heterocycles. The number of carbonyl (C=O) groups is 1. The van der Waals surface area contributed by atoms with Gasteiger partial charge < -0.3 is 15.3 Å². The topological polar surface area (TPSA) is 91.2 Å². The lowest BCUT2D eigenvalue weighted by molar-refractivity contribution is 0.0793. The maximum Gasteiger partial charge on any atom is 0.270 e. The highest BCUT2D eigenvalue weighted by molar-refractivity contribution is 5.92. The van der Waals surface area contributed by atoms with Crippen molar-refractivity contribution in [2.24, 2.45) is 0 Å². The highest BCUT2D eigenvalue weighted by Gasteiger charge is 2.30. The molecule has 126 valence electrons. The van der Waals surface area contributed by atoms with Crippen molar-refractivity contribution in [1.29, 1.82) is 0 Å². The number of hydrogen-bond donors (Lipinski definition) is 2. The molecule has 0 aromatic carbocycles. The fourth-order valence-corrected chi connectivity index (χ4v) is 2.86. The van der Waals surface area contributed by atoms with Crippen LogP contribution >= 0.6 is 0 Å². The summed E-state index contributed by atoms with van der Waals surface area (Å²) in [5, 5.41) is 13.3. The molecule has 1 amide bonds. The number of nitrogens with one attached hydrogen (secondary N) is 1. The quantitative estimate of drug-likeness (QED) is 0.869. The van der Waals surface area contributed by atoms with Crippen molar-refractivity contribution in [3.63, 3.8) is 0 Å². The molecule has 2 aromatic rings. The van der Waals surface area contributed by atoms with E-state index in [4.69, 9.17) is 0 Å². The van der Waals surface area contributed by atoms with Crippen molar-refractivity contribution >= 4 is 11.7 Å². The van der Waals surface area contributed by atoms with Crippen LogP contribution < -0.4 is 10.2 Å². The molecule has 2 atom stereocenters. The average molecular weight is 327 g/mol. The third-order valence-corrected chi connectivity index (χ3v) is 4.15. The standard InChI is InChI=1S/C17H21N5O2/c1-11-9-19-12(2)16(20-11)22-8-6-13(15(23)10-22)21-17(24)14-5-3-4-7-18-14/h3-5,7,9,13,15,23H,6,8,10H2,1-2H3,(H,21,24)/t13-,15-/m1/s1. The second-order valence-corrected chi connectivity index (χ2v) is 6.02. The van der Waals surface area contributed by atoms with E-state index in [9.17, 15) is 9.90 Å². The molecule has 0 aliphatic carbocycles. The van der Waals surface area contributed by atoms with Gasteiger partial charge in [-0.1, -0.05) is 6.07 Å². The number of anilines is 1. The van der Waals surface area contributed by atoms with Gasteiger partial charge in [-0.05, 0) is 32.4 Å². The highest BCUT2D eigenvalue weighted by atomic mass is 16.3. The summed E-state index contributed by atoms with van der Waals surface area (Å²) < 4.78 is 0. The number of piperidine rings is 1. The molecule has 2 N–H and O–H groups in total. The molecule has 3 heterocycles. The zero-order valence-electron chi connectivity index (χ0n) is 13.8. The third kappa shape index (κ3) is 3.51. The Labute approximate surface area is 140 Å². The average Bonchev–Trinajstić information content (AvgIpc) is 2.59.